The second kappa shape index (κ2) is 8.12. The van der Waals surface area contributed by atoms with Crippen molar-refractivity contribution in [3.05, 3.63) is 54.1 Å². The fraction of sp³-hybridized carbons (Fsp3) is 0.222. The minimum absolute atomic E-state index is 0.00291. The summed E-state index contributed by atoms with van der Waals surface area (Å²) in [6.07, 6.45) is 0. The number of Topliss-reactive ketones (excluding diaryl/α,β-unsaturated/α-hetero) is 1. The van der Waals surface area contributed by atoms with E-state index in [4.69, 9.17) is 4.74 Å². The van der Waals surface area contributed by atoms with E-state index in [1.807, 2.05) is 14.1 Å². The maximum absolute atomic E-state index is 12.1. The van der Waals surface area contributed by atoms with Gasteiger partial charge in [-0.3, -0.25) is 4.79 Å². The van der Waals surface area contributed by atoms with Gasteiger partial charge in [-0.25, -0.2) is 4.79 Å². The fourth-order valence-corrected chi connectivity index (χ4v) is 2.14. The predicted octanol–water partition coefficient (Wildman–Crippen LogP) is 3.08. The molecule has 2 aromatic carbocycles. The summed E-state index contributed by atoms with van der Waals surface area (Å²) in [6.45, 7) is 0.319. The summed E-state index contributed by atoms with van der Waals surface area (Å²) in [5.41, 5.74) is 1.73. The molecule has 126 valence electrons. The first-order valence-electron chi connectivity index (χ1n) is 7.48. The molecule has 0 radical (unpaired) electrons. The molecule has 0 aliphatic heterocycles. The van der Waals surface area contributed by atoms with Crippen LogP contribution >= 0.6 is 0 Å². The van der Waals surface area contributed by atoms with Gasteiger partial charge in [0.05, 0.1) is 13.7 Å². The molecule has 0 bridgehead atoms. The zero-order valence-corrected chi connectivity index (χ0v) is 14.0. The summed E-state index contributed by atoms with van der Waals surface area (Å²) in [5, 5.41) is 5.44. The van der Waals surface area contributed by atoms with Gasteiger partial charge in [-0.2, -0.15) is 0 Å². The Kier molecular flexibility index (Phi) is 5.92. The molecule has 0 saturated heterocycles. The zero-order chi connectivity index (χ0) is 17.5. The number of rotatable bonds is 6. The lowest BCUT2D eigenvalue weighted by atomic mass is 10.1. The largest absolute Gasteiger partial charge is 0.497 e. The Balaban J connectivity index is 2.02. The van der Waals surface area contributed by atoms with Crippen LogP contribution in [0.25, 0.3) is 0 Å². The van der Waals surface area contributed by atoms with Crippen molar-refractivity contribution in [1.29, 1.82) is 0 Å². The lowest BCUT2D eigenvalue weighted by Gasteiger charge is -2.11. The Morgan fingerprint density at radius 3 is 2.25 bits per heavy atom. The van der Waals surface area contributed by atoms with E-state index in [2.05, 4.69) is 10.6 Å². The summed E-state index contributed by atoms with van der Waals surface area (Å²) >= 11 is 0. The van der Waals surface area contributed by atoms with Crippen molar-refractivity contribution in [3.8, 4) is 5.75 Å². The number of benzene rings is 2. The molecule has 0 unspecified atom stereocenters. The number of urea groups is 1. The van der Waals surface area contributed by atoms with E-state index in [1.165, 1.54) is 0 Å². The van der Waals surface area contributed by atoms with Gasteiger partial charge >= 0.3 is 6.03 Å². The van der Waals surface area contributed by atoms with Gasteiger partial charge in [0.1, 0.15) is 5.75 Å². The third kappa shape index (κ3) is 5.10. The SMILES string of the molecule is COc1cccc(NC(=O)Nc2cccc(C(=O)CN(C)C)c2)c1. The fourth-order valence-electron chi connectivity index (χ4n) is 2.14. The Morgan fingerprint density at radius 1 is 1.00 bits per heavy atom. The highest BCUT2D eigenvalue weighted by atomic mass is 16.5. The average molecular weight is 327 g/mol. The van der Waals surface area contributed by atoms with E-state index in [0.29, 0.717) is 29.2 Å². The number of nitrogens with zero attached hydrogens (tertiary/aromatic N) is 1. The molecule has 0 aliphatic carbocycles. The average Bonchev–Trinajstić information content (AvgIpc) is 2.54. The van der Waals surface area contributed by atoms with E-state index in [-0.39, 0.29) is 11.8 Å². The third-order valence-corrected chi connectivity index (χ3v) is 3.23. The smallest absolute Gasteiger partial charge is 0.323 e. The van der Waals surface area contributed by atoms with Crippen LogP contribution < -0.4 is 15.4 Å². The number of hydrogen-bond donors (Lipinski definition) is 2. The molecule has 0 atom stereocenters. The van der Waals surface area contributed by atoms with Gasteiger partial charge < -0.3 is 20.3 Å². The molecule has 2 aromatic rings. The Labute approximate surface area is 141 Å². The molecule has 6 heteroatoms. The van der Waals surface area contributed by atoms with Crippen LogP contribution in [0.4, 0.5) is 16.2 Å². The van der Waals surface area contributed by atoms with Crippen molar-refractivity contribution < 1.29 is 14.3 Å². The van der Waals surface area contributed by atoms with Crippen molar-refractivity contribution in [2.75, 3.05) is 38.4 Å². The van der Waals surface area contributed by atoms with E-state index in [1.54, 1.807) is 60.5 Å². The zero-order valence-electron chi connectivity index (χ0n) is 14.0. The molecule has 0 aliphatic rings. The molecule has 2 amide bonds. The molecule has 24 heavy (non-hydrogen) atoms. The second-order valence-corrected chi connectivity index (χ2v) is 5.55. The molecule has 2 N–H and O–H groups in total. The molecular formula is C18H21N3O3. The van der Waals surface area contributed by atoms with Crippen LogP contribution in [0.2, 0.25) is 0 Å². The van der Waals surface area contributed by atoms with E-state index >= 15 is 0 Å². The second-order valence-electron chi connectivity index (χ2n) is 5.55. The van der Waals surface area contributed by atoms with Crippen LogP contribution in [-0.2, 0) is 0 Å². The number of ether oxygens (including phenoxy) is 1. The van der Waals surface area contributed by atoms with Crippen molar-refractivity contribution in [3.63, 3.8) is 0 Å². The number of ketones is 1. The summed E-state index contributed by atoms with van der Waals surface area (Å²) in [5.74, 6) is 0.654. The minimum Gasteiger partial charge on any atom is -0.497 e. The molecule has 0 saturated carbocycles. The van der Waals surface area contributed by atoms with Crippen LogP contribution in [0.3, 0.4) is 0 Å². The topological polar surface area (TPSA) is 70.7 Å². The number of methoxy groups -OCH3 is 1. The van der Waals surface area contributed by atoms with Crippen LogP contribution in [0.15, 0.2) is 48.5 Å². The molecule has 2 rings (SSSR count). The predicted molar refractivity (Wildman–Crippen MR) is 95.0 cm³/mol. The molecule has 6 nitrogen and oxygen atoms in total. The monoisotopic (exact) mass is 327 g/mol. The van der Waals surface area contributed by atoms with Crippen molar-refractivity contribution in [2.45, 2.75) is 0 Å². The van der Waals surface area contributed by atoms with E-state index < -0.39 is 0 Å². The van der Waals surface area contributed by atoms with Crippen molar-refractivity contribution in [1.82, 2.24) is 4.90 Å². The first kappa shape index (κ1) is 17.5. The lowest BCUT2D eigenvalue weighted by molar-refractivity contribution is 0.0958. The number of anilines is 2. The van der Waals surface area contributed by atoms with Crippen LogP contribution in [0.5, 0.6) is 5.75 Å². The number of amides is 2. The first-order valence-corrected chi connectivity index (χ1v) is 7.48. The standard InChI is InChI=1S/C18H21N3O3/c1-21(2)12-17(22)13-6-4-7-14(10-13)19-18(23)20-15-8-5-9-16(11-15)24-3/h4-11H,12H2,1-3H3,(H2,19,20,23). The highest BCUT2D eigenvalue weighted by Gasteiger charge is 2.09. The molecular weight excluding hydrogens is 306 g/mol. The van der Waals surface area contributed by atoms with Gasteiger partial charge in [0.15, 0.2) is 5.78 Å². The Hall–Kier alpha value is -2.86. The van der Waals surface area contributed by atoms with Gasteiger partial charge in [-0.15, -0.1) is 0 Å². The van der Waals surface area contributed by atoms with Gasteiger partial charge in [-0.1, -0.05) is 18.2 Å². The summed E-state index contributed by atoms with van der Waals surface area (Å²) < 4.78 is 5.12. The first-order chi connectivity index (χ1) is 11.5. The highest BCUT2D eigenvalue weighted by Crippen LogP contribution is 2.17. The molecule has 0 heterocycles. The van der Waals surface area contributed by atoms with Crippen molar-refractivity contribution >= 4 is 23.2 Å². The third-order valence-electron chi connectivity index (χ3n) is 3.23. The maximum atomic E-state index is 12.1. The maximum Gasteiger partial charge on any atom is 0.323 e. The quantitative estimate of drug-likeness (QED) is 0.800. The van der Waals surface area contributed by atoms with Crippen LogP contribution in [0.1, 0.15) is 10.4 Å². The van der Waals surface area contributed by atoms with Gasteiger partial charge in [0.25, 0.3) is 0 Å². The van der Waals surface area contributed by atoms with Crippen LogP contribution in [0, 0.1) is 0 Å². The van der Waals surface area contributed by atoms with Crippen LogP contribution in [-0.4, -0.2) is 44.5 Å². The normalized spacial score (nSPS) is 10.3. The van der Waals surface area contributed by atoms with Gasteiger partial charge in [0.2, 0.25) is 0 Å². The number of hydrogen-bond acceptors (Lipinski definition) is 4. The highest BCUT2D eigenvalue weighted by molar-refractivity contribution is 6.02. The van der Waals surface area contributed by atoms with Gasteiger partial charge in [-0.05, 0) is 38.4 Å². The molecule has 0 aromatic heterocycles. The molecule has 0 fully saturated rings. The number of likely N-dealkylation sites (N-methyl/N-ethyl adjacent to an activating group) is 1. The number of nitrogens with one attached hydrogen (secondary N) is 2. The summed E-state index contributed by atoms with van der Waals surface area (Å²) in [7, 11) is 5.23. The lowest BCUT2D eigenvalue weighted by Crippen LogP contribution is -2.22. The number of carbonyl (C=O) groups is 2. The Morgan fingerprint density at radius 2 is 1.62 bits per heavy atom. The number of carbonyl (C=O) groups excluding carboxylic acids is 2. The summed E-state index contributed by atoms with van der Waals surface area (Å²) in [6, 6.07) is 13.5. The van der Waals surface area contributed by atoms with E-state index in [9.17, 15) is 9.59 Å². The van der Waals surface area contributed by atoms with Crippen molar-refractivity contribution in [2.24, 2.45) is 0 Å². The Bertz CT molecular complexity index is 729. The molecule has 0 spiro atoms. The summed E-state index contributed by atoms with van der Waals surface area (Å²) in [4.78, 5) is 26.0. The van der Waals surface area contributed by atoms with E-state index in [0.717, 1.165) is 0 Å². The minimum atomic E-state index is -0.388. The van der Waals surface area contributed by atoms with Gasteiger partial charge in [0, 0.05) is 23.0 Å².